The highest BCUT2D eigenvalue weighted by molar-refractivity contribution is 7.18. The standard InChI is InChI=1S/C6H8NOP/c8-7(9)6-4-2-1-3-5-6/h1-5,8H,9H2. The highest BCUT2D eigenvalue weighted by Crippen LogP contribution is 2.13. The van der Waals surface area contributed by atoms with Crippen molar-refractivity contribution in [1.82, 2.24) is 0 Å². The Kier molecular flexibility index (Phi) is 2.04. The van der Waals surface area contributed by atoms with Crippen molar-refractivity contribution < 1.29 is 5.21 Å². The molecule has 0 spiro atoms. The Morgan fingerprint density at radius 2 is 1.78 bits per heavy atom. The molecular weight excluding hydrogens is 133 g/mol. The third-order valence-electron chi connectivity index (χ3n) is 1.02. The van der Waals surface area contributed by atoms with Crippen molar-refractivity contribution in [3.63, 3.8) is 0 Å². The summed E-state index contributed by atoms with van der Waals surface area (Å²) in [4.78, 5) is 1.00. The van der Waals surface area contributed by atoms with Crippen LogP contribution in [0.4, 0.5) is 5.69 Å². The van der Waals surface area contributed by atoms with Gasteiger partial charge in [-0.1, -0.05) is 18.2 Å². The molecule has 1 aromatic carbocycles. The zero-order valence-corrected chi connectivity index (χ0v) is 6.01. The zero-order valence-electron chi connectivity index (χ0n) is 4.86. The molecule has 1 aromatic rings. The van der Waals surface area contributed by atoms with Crippen molar-refractivity contribution in [2.45, 2.75) is 0 Å². The molecule has 0 radical (unpaired) electrons. The van der Waals surface area contributed by atoms with Crippen LogP contribution in [-0.2, 0) is 0 Å². The topological polar surface area (TPSA) is 23.5 Å². The summed E-state index contributed by atoms with van der Waals surface area (Å²) in [6.45, 7) is 0. The lowest BCUT2D eigenvalue weighted by Crippen LogP contribution is -1.99. The Labute approximate surface area is 56.3 Å². The second-order valence-electron chi connectivity index (χ2n) is 1.68. The molecule has 0 aliphatic rings. The summed E-state index contributed by atoms with van der Waals surface area (Å²) in [6, 6.07) is 9.25. The molecule has 0 amide bonds. The fourth-order valence-corrected chi connectivity index (χ4v) is 0.753. The zero-order chi connectivity index (χ0) is 6.69. The van der Waals surface area contributed by atoms with E-state index in [-0.39, 0.29) is 0 Å². The predicted molar refractivity (Wildman–Crippen MR) is 40.4 cm³/mol. The first-order chi connectivity index (χ1) is 4.30. The Morgan fingerprint density at radius 3 is 2.11 bits per heavy atom. The van der Waals surface area contributed by atoms with E-state index in [2.05, 4.69) is 9.39 Å². The number of rotatable bonds is 1. The molecule has 0 aromatic heterocycles. The lowest BCUT2D eigenvalue weighted by Gasteiger charge is -2.07. The van der Waals surface area contributed by atoms with Crippen LogP contribution in [0, 0.1) is 0 Å². The maximum Gasteiger partial charge on any atom is 0.0668 e. The Balaban J connectivity index is 2.85. The smallest absolute Gasteiger partial charge is 0.0668 e. The summed E-state index contributed by atoms with van der Waals surface area (Å²) in [7, 11) is 2.16. The van der Waals surface area contributed by atoms with Crippen LogP contribution in [0.2, 0.25) is 0 Å². The number of nitrogens with zero attached hydrogens (tertiary/aromatic N) is 1. The Bertz CT molecular complexity index is 176. The van der Waals surface area contributed by atoms with Crippen LogP contribution < -0.4 is 4.83 Å². The molecule has 1 atom stereocenters. The maximum absolute atomic E-state index is 8.82. The lowest BCUT2D eigenvalue weighted by molar-refractivity contribution is 0.331. The van der Waals surface area contributed by atoms with Crippen molar-refractivity contribution in [2.75, 3.05) is 4.83 Å². The maximum atomic E-state index is 8.82. The lowest BCUT2D eigenvalue weighted by atomic mass is 10.3. The van der Waals surface area contributed by atoms with E-state index in [9.17, 15) is 0 Å². The number of hydrogen-bond acceptors (Lipinski definition) is 2. The molecule has 48 valence electrons. The Hall–Kier alpha value is -0.590. The van der Waals surface area contributed by atoms with E-state index >= 15 is 0 Å². The molecular formula is C6H8NOP. The van der Waals surface area contributed by atoms with Crippen LogP contribution in [0.25, 0.3) is 0 Å². The highest BCUT2D eigenvalue weighted by Gasteiger charge is 1.90. The first-order valence-electron chi connectivity index (χ1n) is 2.59. The average molecular weight is 141 g/mol. The van der Waals surface area contributed by atoms with Crippen LogP contribution >= 0.6 is 9.39 Å². The fourth-order valence-electron chi connectivity index (χ4n) is 0.581. The van der Waals surface area contributed by atoms with Crippen molar-refractivity contribution >= 4 is 15.1 Å². The molecule has 0 heterocycles. The summed E-state index contributed by atoms with van der Waals surface area (Å²) in [6.07, 6.45) is 0. The largest absolute Gasteiger partial charge is 0.286 e. The van der Waals surface area contributed by atoms with Gasteiger partial charge in [-0.05, 0) is 21.5 Å². The minimum atomic E-state index is 0.766. The van der Waals surface area contributed by atoms with Gasteiger partial charge in [-0.15, -0.1) is 0 Å². The molecule has 0 aliphatic carbocycles. The van der Waals surface area contributed by atoms with Gasteiger partial charge >= 0.3 is 0 Å². The van der Waals surface area contributed by atoms with Gasteiger partial charge in [0.15, 0.2) is 0 Å². The number of hydrogen-bond donors (Lipinski definition) is 1. The van der Waals surface area contributed by atoms with Crippen molar-refractivity contribution in [3.8, 4) is 0 Å². The normalized spacial score (nSPS) is 9.11. The van der Waals surface area contributed by atoms with E-state index in [4.69, 9.17) is 5.21 Å². The summed E-state index contributed by atoms with van der Waals surface area (Å²) in [5.41, 5.74) is 0.766. The minimum Gasteiger partial charge on any atom is -0.286 e. The van der Waals surface area contributed by atoms with Gasteiger partial charge in [0.05, 0.1) is 5.69 Å². The Morgan fingerprint density at radius 1 is 1.22 bits per heavy atom. The molecule has 0 fully saturated rings. The summed E-state index contributed by atoms with van der Waals surface area (Å²) in [5, 5.41) is 8.82. The summed E-state index contributed by atoms with van der Waals surface area (Å²) in [5.74, 6) is 0. The summed E-state index contributed by atoms with van der Waals surface area (Å²) >= 11 is 0. The second-order valence-corrected chi connectivity index (χ2v) is 2.17. The van der Waals surface area contributed by atoms with E-state index in [1.165, 1.54) is 0 Å². The number of para-hydroxylation sites is 1. The third kappa shape index (κ3) is 1.67. The molecule has 0 bridgehead atoms. The molecule has 2 nitrogen and oxygen atoms in total. The van der Waals surface area contributed by atoms with Gasteiger partial charge in [0.1, 0.15) is 0 Å². The molecule has 0 saturated carbocycles. The number of anilines is 1. The van der Waals surface area contributed by atoms with Gasteiger partial charge < -0.3 is 0 Å². The van der Waals surface area contributed by atoms with Gasteiger partial charge in [0.25, 0.3) is 0 Å². The summed E-state index contributed by atoms with van der Waals surface area (Å²) < 4.78 is 0. The molecule has 1 N–H and O–H groups in total. The van der Waals surface area contributed by atoms with Gasteiger partial charge in [-0.25, -0.2) is 4.83 Å². The van der Waals surface area contributed by atoms with Crippen LogP contribution in [0.5, 0.6) is 0 Å². The van der Waals surface area contributed by atoms with Crippen LogP contribution in [0.3, 0.4) is 0 Å². The molecule has 0 aliphatic heterocycles. The van der Waals surface area contributed by atoms with Crippen molar-refractivity contribution in [1.29, 1.82) is 0 Å². The first-order valence-corrected chi connectivity index (χ1v) is 3.11. The van der Waals surface area contributed by atoms with Crippen LogP contribution in [-0.4, -0.2) is 5.21 Å². The van der Waals surface area contributed by atoms with E-state index in [0.717, 1.165) is 10.5 Å². The van der Waals surface area contributed by atoms with Gasteiger partial charge in [0, 0.05) is 0 Å². The SMILES string of the molecule is ON(P)c1ccccc1. The molecule has 1 unspecified atom stereocenters. The molecule has 3 heteroatoms. The van der Waals surface area contributed by atoms with Crippen LogP contribution in [0.1, 0.15) is 0 Å². The average Bonchev–Trinajstić information content (AvgIpc) is 1.90. The fraction of sp³-hybridized carbons (Fsp3) is 0. The molecule has 0 saturated heterocycles. The van der Waals surface area contributed by atoms with Crippen molar-refractivity contribution in [2.24, 2.45) is 0 Å². The second kappa shape index (κ2) is 2.81. The highest BCUT2D eigenvalue weighted by atomic mass is 31.0. The van der Waals surface area contributed by atoms with Gasteiger partial charge in [-0.3, -0.25) is 5.21 Å². The molecule has 1 rings (SSSR count). The van der Waals surface area contributed by atoms with Crippen LogP contribution in [0.15, 0.2) is 30.3 Å². The first kappa shape index (κ1) is 6.53. The van der Waals surface area contributed by atoms with Gasteiger partial charge in [0.2, 0.25) is 0 Å². The van der Waals surface area contributed by atoms with E-state index in [0.29, 0.717) is 0 Å². The van der Waals surface area contributed by atoms with E-state index in [1.54, 1.807) is 0 Å². The quantitative estimate of drug-likeness (QED) is 0.475. The molecule has 9 heavy (non-hydrogen) atoms. The van der Waals surface area contributed by atoms with E-state index in [1.807, 2.05) is 30.3 Å². The minimum absolute atomic E-state index is 0.766. The predicted octanol–water partition coefficient (Wildman–Crippen LogP) is 1.67. The van der Waals surface area contributed by atoms with Gasteiger partial charge in [-0.2, -0.15) is 0 Å². The van der Waals surface area contributed by atoms with E-state index < -0.39 is 0 Å². The van der Waals surface area contributed by atoms with Crippen molar-refractivity contribution in [3.05, 3.63) is 30.3 Å². The number of benzene rings is 1. The third-order valence-corrected chi connectivity index (χ3v) is 1.32. The monoisotopic (exact) mass is 141 g/mol.